The van der Waals surface area contributed by atoms with Crippen LogP contribution in [0.5, 0.6) is 0 Å². The van der Waals surface area contributed by atoms with E-state index in [9.17, 15) is 34.1 Å². The van der Waals surface area contributed by atoms with Crippen LogP contribution in [0.2, 0.25) is 0 Å². The third kappa shape index (κ3) is 3.90. The van der Waals surface area contributed by atoms with E-state index in [0.717, 1.165) is 5.57 Å². The number of piperidine rings is 1. The largest absolute Gasteiger partial charge is 0.463 e. The molecule has 0 aromatic rings. The zero-order chi connectivity index (χ0) is 30.7. The lowest BCUT2D eigenvalue weighted by atomic mass is 9.49. The van der Waals surface area contributed by atoms with Crippen molar-refractivity contribution < 1.29 is 62.5 Å². The number of carbonyl (C=O) groups is 3. The number of rotatable bonds is 7. The second-order valence-electron chi connectivity index (χ2n) is 13.5. The fourth-order valence-corrected chi connectivity index (χ4v) is 8.49. The fourth-order valence-electron chi connectivity index (χ4n) is 8.49. The Morgan fingerprint density at radius 2 is 1.91 bits per heavy atom. The highest BCUT2D eigenvalue weighted by Crippen LogP contribution is 2.73. The van der Waals surface area contributed by atoms with Crippen LogP contribution in [-0.2, 0) is 42.8 Å². The van der Waals surface area contributed by atoms with Crippen LogP contribution in [0.25, 0.3) is 0 Å². The number of carbonyl (C=O) groups excluding carboxylic acids is 3. The number of cyclic esters (lactones) is 1. The van der Waals surface area contributed by atoms with Crippen LogP contribution in [0.4, 0.5) is 4.39 Å². The molecule has 5 fully saturated rings. The van der Waals surface area contributed by atoms with Crippen molar-refractivity contribution in [1.82, 2.24) is 5.32 Å². The standard InChI is InChI=1S/C29H38FNO12/c1-12(2)27-24(41-20(33)5-4-19(32)39-11-17-22(35)21(34)16(30)10-38-17)28-18(42-28)8-15-14-9-40-23(36)13(14)6-7-26(15,3)29(28,37)31-25(27)43-27/h12,15-18,21-22,24-25,31,34-35,37H,4-11H2,1-3H3/t15-,16-,17+,18-,21+,22+,24+,25+,26-,27+,28+,29+/m0/s1. The molecular formula is C29H38FNO12. The highest BCUT2D eigenvalue weighted by atomic mass is 19.1. The number of esters is 3. The first kappa shape index (κ1) is 29.5. The van der Waals surface area contributed by atoms with Gasteiger partial charge in [0, 0.05) is 11.0 Å². The number of halogens is 1. The lowest BCUT2D eigenvalue weighted by Gasteiger charge is -2.60. The average Bonchev–Trinajstić information content (AvgIpc) is 3.84. The number of fused-ring (bicyclic) bond motifs is 4. The van der Waals surface area contributed by atoms with Gasteiger partial charge in [-0.05, 0) is 36.7 Å². The van der Waals surface area contributed by atoms with Gasteiger partial charge >= 0.3 is 17.9 Å². The molecule has 43 heavy (non-hydrogen) atoms. The van der Waals surface area contributed by atoms with Gasteiger partial charge in [-0.3, -0.25) is 14.9 Å². The van der Waals surface area contributed by atoms with Gasteiger partial charge < -0.3 is 43.7 Å². The van der Waals surface area contributed by atoms with E-state index in [2.05, 4.69) is 5.32 Å². The molecule has 5 aliphatic heterocycles. The van der Waals surface area contributed by atoms with Gasteiger partial charge in [0.15, 0.2) is 29.2 Å². The van der Waals surface area contributed by atoms with Crippen molar-refractivity contribution in [2.45, 2.75) is 113 Å². The molecule has 0 amide bonds. The molecule has 238 valence electrons. The molecule has 0 aromatic carbocycles. The molecule has 0 radical (unpaired) electrons. The van der Waals surface area contributed by atoms with E-state index in [1.165, 1.54) is 0 Å². The first-order chi connectivity index (χ1) is 20.3. The Morgan fingerprint density at radius 3 is 2.65 bits per heavy atom. The van der Waals surface area contributed by atoms with Gasteiger partial charge in [-0.15, -0.1) is 0 Å². The maximum Gasteiger partial charge on any atom is 0.334 e. The van der Waals surface area contributed by atoms with Crippen LogP contribution in [0, 0.1) is 17.3 Å². The van der Waals surface area contributed by atoms with Crippen molar-refractivity contribution in [1.29, 1.82) is 0 Å². The minimum absolute atomic E-state index is 0.121. The second-order valence-corrected chi connectivity index (χ2v) is 13.5. The van der Waals surface area contributed by atoms with Crippen molar-refractivity contribution in [3.63, 3.8) is 0 Å². The SMILES string of the molecule is CC(C)[C@]12O[C@H]1N[C@]1(O)[C@]3(O[C@H]3C[C@H]3C4=C(CC[C@@]31C)C(=O)OC4)[C@@H]2OC(=O)CCC(=O)OC[C@H]1OC[C@H](F)[C@@H](O)[C@@H]1O. The number of aliphatic hydroxyl groups is 3. The molecule has 7 rings (SSSR count). The van der Waals surface area contributed by atoms with Gasteiger partial charge in [0.25, 0.3) is 0 Å². The first-order valence-corrected chi connectivity index (χ1v) is 15.0. The molecule has 4 N–H and O–H groups in total. The summed E-state index contributed by atoms with van der Waals surface area (Å²) in [6.07, 6.45) is -7.32. The van der Waals surface area contributed by atoms with E-state index in [4.69, 9.17) is 28.4 Å². The molecular weight excluding hydrogens is 573 g/mol. The van der Waals surface area contributed by atoms with Crippen molar-refractivity contribution >= 4 is 17.9 Å². The Bertz CT molecular complexity index is 1280. The lowest BCUT2D eigenvalue weighted by Crippen LogP contribution is -2.80. The van der Waals surface area contributed by atoms with Crippen LogP contribution in [0.1, 0.15) is 52.9 Å². The summed E-state index contributed by atoms with van der Waals surface area (Å²) in [4.78, 5) is 37.9. The van der Waals surface area contributed by atoms with E-state index < -0.39 is 90.4 Å². The van der Waals surface area contributed by atoms with Crippen LogP contribution in [-0.4, -0.2) is 113 Å². The lowest BCUT2D eigenvalue weighted by molar-refractivity contribution is -0.236. The van der Waals surface area contributed by atoms with Gasteiger partial charge in [-0.1, -0.05) is 20.8 Å². The average molecular weight is 612 g/mol. The van der Waals surface area contributed by atoms with E-state index in [1.807, 2.05) is 20.8 Å². The van der Waals surface area contributed by atoms with Crippen molar-refractivity contribution in [3.8, 4) is 0 Å². The molecule has 0 bridgehead atoms. The fraction of sp³-hybridized carbons (Fsp3) is 0.828. The summed E-state index contributed by atoms with van der Waals surface area (Å²) < 4.78 is 47.7. The number of epoxide rings is 2. The molecule has 0 aromatic heterocycles. The number of aliphatic hydroxyl groups excluding tert-OH is 2. The summed E-state index contributed by atoms with van der Waals surface area (Å²) in [5.41, 5.74) is -3.10. The normalized spacial score (nSPS) is 49.2. The molecule has 13 nitrogen and oxygen atoms in total. The summed E-state index contributed by atoms with van der Waals surface area (Å²) in [5.74, 6) is -2.08. The molecule has 1 saturated carbocycles. The van der Waals surface area contributed by atoms with Gasteiger partial charge in [0.05, 0.1) is 25.6 Å². The highest BCUT2D eigenvalue weighted by Gasteiger charge is 2.92. The summed E-state index contributed by atoms with van der Waals surface area (Å²) in [5, 5.41) is 35.5. The molecule has 4 saturated heterocycles. The van der Waals surface area contributed by atoms with Crippen molar-refractivity contribution in [2.24, 2.45) is 17.3 Å². The number of nitrogens with one attached hydrogen (secondary N) is 1. The Morgan fingerprint density at radius 1 is 1.16 bits per heavy atom. The summed E-state index contributed by atoms with van der Waals surface area (Å²) in [7, 11) is 0. The number of alkyl halides is 1. The quantitative estimate of drug-likeness (QED) is 0.165. The van der Waals surface area contributed by atoms with E-state index in [1.54, 1.807) is 0 Å². The molecule has 1 spiro atoms. The summed E-state index contributed by atoms with van der Waals surface area (Å²) in [6, 6.07) is 0. The second kappa shape index (κ2) is 9.65. The van der Waals surface area contributed by atoms with Crippen LogP contribution >= 0.6 is 0 Å². The highest BCUT2D eigenvalue weighted by molar-refractivity contribution is 5.92. The maximum atomic E-state index is 13.5. The molecule has 5 heterocycles. The van der Waals surface area contributed by atoms with Crippen LogP contribution < -0.4 is 5.32 Å². The van der Waals surface area contributed by atoms with Crippen LogP contribution in [0.15, 0.2) is 11.1 Å². The van der Waals surface area contributed by atoms with Crippen molar-refractivity contribution in [2.75, 3.05) is 19.8 Å². The Labute approximate surface area is 246 Å². The summed E-state index contributed by atoms with van der Waals surface area (Å²) in [6.45, 7) is 5.18. The zero-order valence-corrected chi connectivity index (χ0v) is 24.2. The van der Waals surface area contributed by atoms with E-state index in [0.29, 0.717) is 24.8 Å². The van der Waals surface area contributed by atoms with Gasteiger partial charge in [-0.2, -0.15) is 0 Å². The van der Waals surface area contributed by atoms with Crippen molar-refractivity contribution in [3.05, 3.63) is 11.1 Å². The molecule has 0 unspecified atom stereocenters. The Kier molecular flexibility index (Phi) is 6.62. The minimum atomic E-state index is -1.74. The predicted molar refractivity (Wildman–Crippen MR) is 138 cm³/mol. The topological polar surface area (TPSA) is 186 Å². The molecule has 12 atom stereocenters. The molecule has 2 aliphatic carbocycles. The van der Waals surface area contributed by atoms with Gasteiger partial charge in [0.2, 0.25) is 0 Å². The molecule has 14 heteroatoms. The number of hydrogen-bond acceptors (Lipinski definition) is 13. The minimum Gasteiger partial charge on any atom is -0.463 e. The van der Waals surface area contributed by atoms with Crippen LogP contribution in [0.3, 0.4) is 0 Å². The zero-order valence-electron chi connectivity index (χ0n) is 24.2. The maximum absolute atomic E-state index is 13.5. The molecule has 7 aliphatic rings. The Hall–Kier alpha value is -2.20. The first-order valence-electron chi connectivity index (χ1n) is 15.0. The van der Waals surface area contributed by atoms with E-state index >= 15 is 0 Å². The number of hydrogen-bond donors (Lipinski definition) is 4. The third-order valence-corrected chi connectivity index (χ3v) is 11.2. The smallest absolute Gasteiger partial charge is 0.334 e. The van der Waals surface area contributed by atoms with Gasteiger partial charge in [-0.25, -0.2) is 9.18 Å². The third-order valence-electron chi connectivity index (χ3n) is 11.2. The van der Waals surface area contributed by atoms with E-state index in [-0.39, 0.29) is 37.3 Å². The summed E-state index contributed by atoms with van der Waals surface area (Å²) >= 11 is 0. The predicted octanol–water partition coefficient (Wildman–Crippen LogP) is -0.466. The number of ether oxygens (including phenoxy) is 6. The Balaban J connectivity index is 1.06. The van der Waals surface area contributed by atoms with Gasteiger partial charge in [0.1, 0.15) is 37.8 Å². The monoisotopic (exact) mass is 611 g/mol.